The lowest BCUT2D eigenvalue weighted by Crippen LogP contribution is -2.41. The van der Waals surface area contributed by atoms with Gasteiger partial charge in [0.15, 0.2) is 0 Å². The fraction of sp³-hybridized carbons (Fsp3) is 0.286. The molecule has 3 rings (SSSR count). The fourth-order valence-corrected chi connectivity index (χ4v) is 3.06. The van der Waals surface area contributed by atoms with Crippen molar-refractivity contribution in [3.63, 3.8) is 0 Å². The zero-order chi connectivity index (χ0) is 21.5. The number of hydrogen-bond acceptors (Lipinski definition) is 4. The molecule has 30 heavy (non-hydrogen) atoms. The van der Waals surface area contributed by atoms with Crippen LogP contribution in [0.1, 0.15) is 36.0 Å². The van der Waals surface area contributed by atoms with Crippen molar-refractivity contribution in [2.24, 2.45) is 5.92 Å². The van der Waals surface area contributed by atoms with Gasteiger partial charge in [0.05, 0.1) is 11.6 Å². The van der Waals surface area contributed by atoms with E-state index in [4.69, 9.17) is 27.9 Å². The summed E-state index contributed by atoms with van der Waals surface area (Å²) in [6, 6.07) is 11.4. The van der Waals surface area contributed by atoms with Crippen molar-refractivity contribution < 1.29 is 19.1 Å². The number of carbonyl (C=O) groups is 3. The summed E-state index contributed by atoms with van der Waals surface area (Å²) < 4.78 is 5.51. The quantitative estimate of drug-likeness (QED) is 0.419. The lowest BCUT2D eigenvalue weighted by atomic mass is 10.2. The topological polar surface area (TPSA) is 96.5 Å². The highest BCUT2D eigenvalue weighted by Gasteiger charge is 2.29. The van der Waals surface area contributed by atoms with Crippen LogP contribution in [0.3, 0.4) is 0 Å². The Hall–Kier alpha value is -2.77. The predicted octanol–water partition coefficient (Wildman–Crippen LogP) is 3.96. The largest absolute Gasteiger partial charge is 0.492 e. The number of halogens is 2. The number of anilines is 1. The SMILES string of the molecule is O=C(CCCOc1ccc(Cl)cc1Cl)NNC(=O)c1cccc(NC(=O)C2CC2)c1. The van der Waals surface area contributed by atoms with Gasteiger partial charge in [0.25, 0.3) is 5.91 Å². The van der Waals surface area contributed by atoms with Gasteiger partial charge >= 0.3 is 0 Å². The summed E-state index contributed by atoms with van der Waals surface area (Å²) in [4.78, 5) is 36.0. The van der Waals surface area contributed by atoms with E-state index in [1.165, 1.54) is 0 Å². The first-order valence-electron chi connectivity index (χ1n) is 9.50. The summed E-state index contributed by atoms with van der Waals surface area (Å²) in [5, 5.41) is 3.69. The van der Waals surface area contributed by atoms with Crippen LogP contribution in [-0.4, -0.2) is 24.3 Å². The average molecular weight is 450 g/mol. The van der Waals surface area contributed by atoms with Crippen molar-refractivity contribution in [1.29, 1.82) is 0 Å². The second kappa shape index (κ2) is 10.3. The van der Waals surface area contributed by atoms with E-state index in [0.717, 1.165) is 12.8 Å². The molecule has 7 nitrogen and oxygen atoms in total. The van der Waals surface area contributed by atoms with E-state index in [1.54, 1.807) is 42.5 Å². The van der Waals surface area contributed by atoms with Crippen LogP contribution in [0, 0.1) is 5.92 Å². The molecule has 2 aromatic carbocycles. The van der Waals surface area contributed by atoms with E-state index in [9.17, 15) is 14.4 Å². The van der Waals surface area contributed by atoms with Crippen molar-refractivity contribution in [1.82, 2.24) is 10.9 Å². The summed E-state index contributed by atoms with van der Waals surface area (Å²) in [5.74, 6) is -0.310. The molecule has 9 heteroatoms. The number of hydrogen-bond donors (Lipinski definition) is 3. The van der Waals surface area contributed by atoms with E-state index in [-0.39, 0.29) is 30.8 Å². The molecule has 0 unspecified atom stereocenters. The molecule has 3 amide bonds. The normalized spacial score (nSPS) is 12.7. The van der Waals surface area contributed by atoms with Crippen LogP contribution in [0.5, 0.6) is 5.75 Å². The maximum absolute atomic E-state index is 12.2. The molecule has 0 heterocycles. The van der Waals surface area contributed by atoms with Gasteiger partial charge in [0.1, 0.15) is 5.75 Å². The highest BCUT2D eigenvalue weighted by molar-refractivity contribution is 6.35. The van der Waals surface area contributed by atoms with Gasteiger partial charge in [-0.15, -0.1) is 0 Å². The second-order valence-corrected chi connectivity index (χ2v) is 7.72. The summed E-state index contributed by atoms with van der Waals surface area (Å²) in [6.45, 7) is 0.283. The molecule has 1 aliphatic carbocycles. The monoisotopic (exact) mass is 449 g/mol. The summed E-state index contributed by atoms with van der Waals surface area (Å²) in [5.41, 5.74) is 5.59. The molecule has 0 spiro atoms. The summed E-state index contributed by atoms with van der Waals surface area (Å²) >= 11 is 11.8. The first-order chi connectivity index (χ1) is 14.4. The minimum absolute atomic E-state index is 0.0389. The van der Waals surface area contributed by atoms with Crippen LogP contribution < -0.4 is 20.9 Å². The highest BCUT2D eigenvalue weighted by Crippen LogP contribution is 2.30. The Morgan fingerprint density at radius 2 is 1.83 bits per heavy atom. The maximum Gasteiger partial charge on any atom is 0.269 e. The van der Waals surface area contributed by atoms with Crippen LogP contribution in [-0.2, 0) is 9.59 Å². The number of amides is 3. The Labute approximate surface area is 184 Å². The second-order valence-electron chi connectivity index (χ2n) is 6.87. The summed E-state index contributed by atoms with van der Waals surface area (Å²) in [7, 11) is 0. The maximum atomic E-state index is 12.2. The van der Waals surface area contributed by atoms with Crippen LogP contribution >= 0.6 is 23.2 Å². The Balaban J connectivity index is 1.37. The number of carbonyl (C=O) groups excluding carboxylic acids is 3. The lowest BCUT2D eigenvalue weighted by molar-refractivity contribution is -0.122. The molecule has 0 atom stereocenters. The molecule has 1 saturated carbocycles. The van der Waals surface area contributed by atoms with Crippen LogP contribution in [0.2, 0.25) is 10.0 Å². The molecular weight excluding hydrogens is 429 g/mol. The predicted molar refractivity (Wildman–Crippen MR) is 115 cm³/mol. The Morgan fingerprint density at radius 3 is 2.57 bits per heavy atom. The van der Waals surface area contributed by atoms with E-state index >= 15 is 0 Å². The standard InChI is InChI=1S/C21H21Cl2N3O4/c22-15-8-9-18(17(23)12-15)30-10-2-5-19(27)25-26-21(29)14-3-1-4-16(11-14)24-20(28)13-6-7-13/h1,3-4,8-9,11-13H,2,5-7,10H2,(H,24,28)(H,25,27)(H,26,29). The minimum Gasteiger partial charge on any atom is -0.492 e. The number of ether oxygens (including phenoxy) is 1. The number of nitrogens with one attached hydrogen (secondary N) is 3. The van der Waals surface area contributed by atoms with Gasteiger partial charge in [0, 0.05) is 28.6 Å². The zero-order valence-electron chi connectivity index (χ0n) is 16.0. The van der Waals surface area contributed by atoms with E-state index in [2.05, 4.69) is 16.2 Å². The van der Waals surface area contributed by atoms with Gasteiger partial charge in [-0.2, -0.15) is 0 Å². The first kappa shape index (κ1) is 21.9. The van der Waals surface area contributed by atoms with Gasteiger partial charge in [-0.1, -0.05) is 29.3 Å². The van der Waals surface area contributed by atoms with Crippen molar-refractivity contribution in [2.45, 2.75) is 25.7 Å². The van der Waals surface area contributed by atoms with Gasteiger partial charge in [-0.05, 0) is 55.7 Å². The molecule has 3 N–H and O–H groups in total. The van der Waals surface area contributed by atoms with Crippen LogP contribution in [0.25, 0.3) is 0 Å². The molecular formula is C21H21Cl2N3O4. The molecule has 158 valence electrons. The van der Waals surface area contributed by atoms with Gasteiger partial charge in [0.2, 0.25) is 11.8 Å². The van der Waals surface area contributed by atoms with E-state index in [0.29, 0.717) is 33.5 Å². The average Bonchev–Trinajstić information content (AvgIpc) is 3.56. The number of rotatable bonds is 8. The van der Waals surface area contributed by atoms with E-state index in [1.807, 2.05) is 0 Å². The zero-order valence-corrected chi connectivity index (χ0v) is 17.6. The Morgan fingerprint density at radius 1 is 1.03 bits per heavy atom. The van der Waals surface area contributed by atoms with E-state index < -0.39 is 5.91 Å². The first-order valence-corrected chi connectivity index (χ1v) is 10.3. The highest BCUT2D eigenvalue weighted by atomic mass is 35.5. The van der Waals surface area contributed by atoms with Crippen molar-refractivity contribution in [3.8, 4) is 5.75 Å². The van der Waals surface area contributed by atoms with Gasteiger partial charge < -0.3 is 10.1 Å². The molecule has 0 aromatic heterocycles. The van der Waals surface area contributed by atoms with Crippen molar-refractivity contribution >= 4 is 46.6 Å². The Bertz CT molecular complexity index is 948. The smallest absolute Gasteiger partial charge is 0.269 e. The lowest BCUT2D eigenvalue weighted by Gasteiger charge is -2.10. The fourth-order valence-electron chi connectivity index (χ4n) is 2.60. The number of hydrazine groups is 1. The summed E-state index contributed by atoms with van der Waals surface area (Å²) in [6.07, 6.45) is 2.39. The van der Waals surface area contributed by atoms with Gasteiger partial charge in [-0.25, -0.2) is 0 Å². The molecule has 1 aliphatic rings. The third-order valence-electron chi connectivity index (χ3n) is 4.36. The molecule has 2 aromatic rings. The van der Waals surface area contributed by atoms with Crippen LogP contribution in [0.15, 0.2) is 42.5 Å². The molecule has 0 bridgehead atoms. The molecule has 0 radical (unpaired) electrons. The molecule has 0 saturated heterocycles. The third-order valence-corrected chi connectivity index (χ3v) is 4.89. The molecule has 0 aliphatic heterocycles. The van der Waals surface area contributed by atoms with Crippen molar-refractivity contribution in [3.05, 3.63) is 58.1 Å². The number of benzene rings is 2. The minimum atomic E-state index is -0.477. The molecule has 1 fully saturated rings. The third kappa shape index (κ3) is 6.64. The van der Waals surface area contributed by atoms with Gasteiger partial charge in [-0.3, -0.25) is 25.2 Å². The van der Waals surface area contributed by atoms with Crippen molar-refractivity contribution in [2.75, 3.05) is 11.9 Å². The Kier molecular flexibility index (Phi) is 7.54. The van der Waals surface area contributed by atoms with Crippen LogP contribution in [0.4, 0.5) is 5.69 Å².